The van der Waals surface area contributed by atoms with E-state index in [0.717, 1.165) is 10.3 Å². The van der Waals surface area contributed by atoms with Crippen LogP contribution in [0.3, 0.4) is 0 Å². The Kier molecular flexibility index (Phi) is 6.17. The van der Waals surface area contributed by atoms with Crippen molar-refractivity contribution >= 4 is 23.3 Å². The van der Waals surface area contributed by atoms with Crippen LogP contribution in [0.4, 0.5) is 11.5 Å². The highest BCUT2D eigenvalue weighted by molar-refractivity contribution is 6.02. The Morgan fingerprint density at radius 2 is 1.81 bits per heavy atom. The van der Waals surface area contributed by atoms with Crippen molar-refractivity contribution in [2.75, 3.05) is 31.3 Å². The smallest absolute Gasteiger partial charge is 0.338 e. The van der Waals surface area contributed by atoms with Gasteiger partial charge in [-0.3, -0.25) is 19.1 Å². The van der Waals surface area contributed by atoms with E-state index in [1.54, 1.807) is 24.3 Å². The molecule has 0 radical (unpaired) electrons. The summed E-state index contributed by atoms with van der Waals surface area (Å²) in [6, 6.07) is 6.62. The van der Waals surface area contributed by atoms with Crippen LogP contribution in [-0.4, -0.2) is 42.0 Å². The molecule has 0 aliphatic carbocycles. The summed E-state index contributed by atoms with van der Waals surface area (Å²) in [5.74, 6) is -1.72. The van der Waals surface area contributed by atoms with Crippen molar-refractivity contribution in [2.45, 2.75) is 19.9 Å². The molecule has 0 saturated heterocycles. The van der Waals surface area contributed by atoms with Crippen LogP contribution in [0.5, 0.6) is 0 Å². The lowest BCUT2D eigenvalue weighted by molar-refractivity contribution is 0.0474. The summed E-state index contributed by atoms with van der Waals surface area (Å²) in [5, 5.41) is 0. The number of H-pyrrole nitrogens is 1. The molecule has 9 heteroatoms. The van der Waals surface area contributed by atoms with Gasteiger partial charge >= 0.3 is 11.7 Å². The highest BCUT2D eigenvalue weighted by atomic mass is 16.5. The van der Waals surface area contributed by atoms with Crippen molar-refractivity contribution in [2.24, 2.45) is 0 Å². The first-order valence-electron chi connectivity index (χ1n) is 8.36. The lowest BCUT2D eigenvalue weighted by Crippen LogP contribution is -2.37. The number of carbonyl (C=O) groups excluding carboxylic acids is 2. The number of Topliss-reactive ketones (excluding diaryl/α,β-unsaturated/α-hetero) is 1. The second-order valence-electron chi connectivity index (χ2n) is 6.11. The van der Waals surface area contributed by atoms with E-state index < -0.39 is 29.6 Å². The molecular formula is C18H22N4O5. The van der Waals surface area contributed by atoms with Crippen molar-refractivity contribution in [3.8, 4) is 0 Å². The highest BCUT2D eigenvalue weighted by Crippen LogP contribution is 2.13. The number of nitrogens with two attached hydrogens (primary N) is 1. The maximum atomic E-state index is 12.3. The molecule has 0 bridgehead atoms. The normalized spacial score (nSPS) is 10.5. The zero-order chi connectivity index (χ0) is 20.1. The summed E-state index contributed by atoms with van der Waals surface area (Å²) in [6.45, 7) is 1.41. The summed E-state index contributed by atoms with van der Waals surface area (Å²) in [6.07, 6.45) is 0.585. The number of benzene rings is 1. The van der Waals surface area contributed by atoms with Gasteiger partial charge in [0.05, 0.1) is 5.56 Å². The van der Waals surface area contributed by atoms with Crippen molar-refractivity contribution in [1.82, 2.24) is 9.55 Å². The van der Waals surface area contributed by atoms with Gasteiger partial charge in [0.15, 0.2) is 6.61 Å². The third-order valence-corrected chi connectivity index (χ3v) is 3.92. The number of carbonyl (C=O) groups is 2. The summed E-state index contributed by atoms with van der Waals surface area (Å²) < 4.78 is 6.09. The predicted molar refractivity (Wildman–Crippen MR) is 101 cm³/mol. The summed E-state index contributed by atoms with van der Waals surface area (Å²) in [4.78, 5) is 52.1. The number of aromatic amines is 1. The first-order valence-corrected chi connectivity index (χ1v) is 8.36. The topological polar surface area (TPSA) is 127 Å². The molecule has 0 aliphatic rings. The van der Waals surface area contributed by atoms with Crippen LogP contribution in [0.1, 0.15) is 34.1 Å². The monoisotopic (exact) mass is 374 g/mol. The van der Waals surface area contributed by atoms with Crippen molar-refractivity contribution in [3.63, 3.8) is 0 Å². The molecule has 0 atom stereocenters. The average molecular weight is 374 g/mol. The SMILES string of the molecule is CCCn1c(N)c(C(=O)COC(=O)c2ccc(N(C)C)cc2)c(=O)[nH]c1=O. The number of hydrogen-bond acceptors (Lipinski definition) is 7. The van der Waals surface area contributed by atoms with Crippen LogP contribution in [-0.2, 0) is 11.3 Å². The fourth-order valence-corrected chi connectivity index (χ4v) is 2.49. The molecule has 27 heavy (non-hydrogen) atoms. The largest absolute Gasteiger partial charge is 0.454 e. The number of nitrogens with one attached hydrogen (secondary N) is 1. The van der Waals surface area contributed by atoms with E-state index in [-0.39, 0.29) is 23.5 Å². The molecule has 1 aromatic heterocycles. The van der Waals surface area contributed by atoms with Gasteiger partial charge in [-0.15, -0.1) is 0 Å². The minimum absolute atomic E-state index is 0.234. The average Bonchev–Trinajstić information content (AvgIpc) is 2.63. The molecule has 0 saturated carbocycles. The van der Waals surface area contributed by atoms with Gasteiger partial charge in [-0.05, 0) is 30.7 Å². The van der Waals surface area contributed by atoms with Crippen LogP contribution in [0.15, 0.2) is 33.9 Å². The number of anilines is 2. The number of ketones is 1. The van der Waals surface area contributed by atoms with Gasteiger partial charge in [0, 0.05) is 26.3 Å². The molecule has 2 rings (SSSR count). The van der Waals surface area contributed by atoms with E-state index in [1.807, 2.05) is 25.9 Å². The Bertz CT molecular complexity index is 957. The Balaban J connectivity index is 2.16. The van der Waals surface area contributed by atoms with Gasteiger partial charge < -0.3 is 15.4 Å². The second-order valence-corrected chi connectivity index (χ2v) is 6.11. The number of esters is 1. The lowest BCUT2D eigenvalue weighted by atomic mass is 10.2. The number of aromatic nitrogens is 2. The first-order chi connectivity index (χ1) is 12.8. The van der Waals surface area contributed by atoms with Crippen LogP contribution in [0, 0.1) is 0 Å². The standard InChI is InChI=1S/C18H22N4O5/c1-4-9-22-15(19)14(16(24)20-18(22)26)13(23)10-27-17(25)11-5-7-12(8-6-11)21(2)3/h5-8H,4,9-10,19H2,1-3H3,(H,20,24,26). The van der Waals surface area contributed by atoms with Crippen LogP contribution in [0.25, 0.3) is 0 Å². The van der Waals surface area contributed by atoms with E-state index in [0.29, 0.717) is 6.42 Å². The van der Waals surface area contributed by atoms with E-state index in [1.165, 1.54) is 0 Å². The van der Waals surface area contributed by atoms with Crippen molar-refractivity contribution < 1.29 is 14.3 Å². The molecule has 0 spiro atoms. The number of nitrogens with zero attached hydrogens (tertiary/aromatic N) is 2. The fraction of sp³-hybridized carbons (Fsp3) is 0.333. The fourth-order valence-electron chi connectivity index (χ4n) is 2.49. The minimum Gasteiger partial charge on any atom is -0.454 e. The van der Waals surface area contributed by atoms with Crippen molar-refractivity contribution in [3.05, 3.63) is 56.2 Å². The molecule has 144 valence electrons. The zero-order valence-electron chi connectivity index (χ0n) is 15.4. The van der Waals surface area contributed by atoms with E-state index in [2.05, 4.69) is 4.98 Å². The molecule has 9 nitrogen and oxygen atoms in total. The Labute approximate surface area is 155 Å². The second kappa shape index (κ2) is 8.35. The molecule has 0 aliphatic heterocycles. The van der Waals surface area contributed by atoms with Gasteiger partial charge in [0.25, 0.3) is 5.56 Å². The maximum absolute atomic E-state index is 12.3. The maximum Gasteiger partial charge on any atom is 0.338 e. The van der Waals surface area contributed by atoms with Gasteiger partial charge in [-0.1, -0.05) is 6.92 Å². The Morgan fingerprint density at radius 3 is 2.37 bits per heavy atom. The van der Waals surface area contributed by atoms with Gasteiger partial charge in [0.2, 0.25) is 5.78 Å². The molecule has 1 aromatic carbocycles. The van der Waals surface area contributed by atoms with Gasteiger partial charge in [-0.2, -0.15) is 0 Å². The number of rotatable bonds is 7. The number of hydrogen-bond donors (Lipinski definition) is 2. The van der Waals surface area contributed by atoms with Crippen LogP contribution < -0.4 is 21.9 Å². The molecule has 0 fully saturated rings. The quantitative estimate of drug-likeness (QED) is 0.537. The highest BCUT2D eigenvalue weighted by Gasteiger charge is 2.21. The molecule has 0 amide bonds. The van der Waals surface area contributed by atoms with Crippen LogP contribution in [0.2, 0.25) is 0 Å². The molecule has 0 unspecified atom stereocenters. The van der Waals surface area contributed by atoms with Crippen LogP contribution >= 0.6 is 0 Å². The zero-order valence-corrected chi connectivity index (χ0v) is 15.4. The summed E-state index contributed by atoms with van der Waals surface area (Å²) >= 11 is 0. The predicted octanol–water partition coefficient (Wildman–Crippen LogP) is 0.634. The number of ether oxygens (including phenoxy) is 1. The molecule has 1 heterocycles. The third-order valence-electron chi connectivity index (χ3n) is 3.92. The Hall–Kier alpha value is -3.36. The third kappa shape index (κ3) is 4.43. The van der Waals surface area contributed by atoms with Gasteiger partial charge in [0.1, 0.15) is 11.4 Å². The summed E-state index contributed by atoms with van der Waals surface area (Å²) in [7, 11) is 3.73. The molecule has 2 aromatic rings. The van der Waals surface area contributed by atoms with E-state index in [9.17, 15) is 19.2 Å². The minimum atomic E-state index is -0.902. The molecular weight excluding hydrogens is 352 g/mol. The Morgan fingerprint density at radius 1 is 1.19 bits per heavy atom. The molecule has 3 N–H and O–H groups in total. The number of nitrogen functional groups attached to an aromatic ring is 1. The van der Waals surface area contributed by atoms with Gasteiger partial charge in [-0.25, -0.2) is 9.59 Å². The van der Waals surface area contributed by atoms with E-state index >= 15 is 0 Å². The van der Waals surface area contributed by atoms with Crippen molar-refractivity contribution in [1.29, 1.82) is 0 Å². The summed E-state index contributed by atoms with van der Waals surface area (Å²) in [5.41, 5.74) is 5.01. The lowest BCUT2D eigenvalue weighted by Gasteiger charge is -2.13. The first kappa shape index (κ1) is 20.0. The van der Waals surface area contributed by atoms with E-state index in [4.69, 9.17) is 10.5 Å².